The summed E-state index contributed by atoms with van der Waals surface area (Å²) in [7, 11) is 0. The zero-order chi connectivity index (χ0) is 22.8. The predicted octanol–water partition coefficient (Wildman–Crippen LogP) is 5.70. The Morgan fingerprint density at radius 3 is 2.69 bits per heavy atom. The number of aromatic nitrogens is 1. The summed E-state index contributed by atoms with van der Waals surface area (Å²) in [6.45, 7) is 6.89. The number of ether oxygens (including phenoxy) is 2. The molecule has 0 amide bonds. The molecule has 1 aromatic carbocycles. The molecule has 2 heterocycles. The van der Waals surface area contributed by atoms with Crippen molar-refractivity contribution in [1.82, 2.24) is 4.98 Å². The summed E-state index contributed by atoms with van der Waals surface area (Å²) in [5, 5.41) is 0.521. The van der Waals surface area contributed by atoms with Crippen LogP contribution in [0.3, 0.4) is 0 Å². The molecule has 1 aromatic heterocycles. The second-order valence-electron chi connectivity index (χ2n) is 9.62. The van der Waals surface area contributed by atoms with Crippen molar-refractivity contribution in [2.24, 2.45) is 4.99 Å². The lowest BCUT2D eigenvalue weighted by molar-refractivity contribution is -0.155. The molecule has 0 spiro atoms. The van der Waals surface area contributed by atoms with Crippen LogP contribution in [0.15, 0.2) is 41.4 Å². The average molecular weight is 455 g/mol. The molecule has 1 saturated carbocycles. The van der Waals surface area contributed by atoms with Crippen molar-refractivity contribution < 1.29 is 14.3 Å². The van der Waals surface area contributed by atoms with E-state index in [1.54, 1.807) is 0 Å². The maximum atomic E-state index is 11.9. The lowest BCUT2D eigenvalue weighted by atomic mass is 9.61. The smallest absolute Gasteiger partial charge is 0.306 e. The van der Waals surface area contributed by atoms with Crippen LogP contribution in [0.4, 0.5) is 0 Å². The van der Waals surface area contributed by atoms with Crippen LogP contribution >= 0.6 is 11.6 Å². The van der Waals surface area contributed by atoms with Gasteiger partial charge in [-0.1, -0.05) is 30.2 Å². The van der Waals surface area contributed by atoms with Crippen LogP contribution < -0.4 is 4.74 Å². The molecule has 0 saturated heterocycles. The lowest BCUT2D eigenvalue weighted by Crippen LogP contribution is -2.45. The van der Waals surface area contributed by atoms with Crippen LogP contribution in [-0.4, -0.2) is 35.4 Å². The molecule has 0 radical (unpaired) electrons. The van der Waals surface area contributed by atoms with Crippen molar-refractivity contribution in [3.63, 3.8) is 0 Å². The van der Waals surface area contributed by atoms with E-state index in [1.807, 2.05) is 39.0 Å². The number of esters is 1. The van der Waals surface area contributed by atoms with Gasteiger partial charge in [0.25, 0.3) is 0 Å². The first-order valence-electron chi connectivity index (χ1n) is 11.4. The number of rotatable bonds is 7. The molecule has 0 atom stereocenters. The molecule has 0 unspecified atom stereocenters. The third kappa shape index (κ3) is 4.98. The topological polar surface area (TPSA) is 60.8 Å². The molecule has 32 heavy (non-hydrogen) atoms. The number of fused-ring (bicyclic) bond motifs is 1. The van der Waals surface area contributed by atoms with Crippen molar-refractivity contribution in [3.05, 3.63) is 58.4 Å². The first-order chi connectivity index (χ1) is 15.3. The number of aliphatic imine (C=N–C) groups is 1. The Bertz CT molecular complexity index is 1020. The summed E-state index contributed by atoms with van der Waals surface area (Å²) in [4.78, 5) is 21.5. The van der Waals surface area contributed by atoms with Crippen LogP contribution in [0.2, 0.25) is 5.15 Å². The normalized spacial score (nSPS) is 17.1. The van der Waals surface area contributed by atoms with Gasteiger partial charge in [-0.15, -0.1) is 0 Å². The van der Waals surface area contributed by atoms with Gasteiger partial charge >= 0.3 is 5.97 Å². The van der Waals surface area contributed by atoms with E-state index in [0.717, 1.165) is 54.9 Å². The van der Waals surface area contributed by atoms with E-state index < -0.39 is 5.60 Å². The Morgan fingerprint density at radius 1 is 1.19 bits per heavy atom. The van der Waals surface area contributed by atoms with E-state index in [9.17, 15) is 4.79 Å². The van der Waals surface area contributed by atoms with E-state index >= 15 is 0 Å². The molecule has 2 aromatic rings. The summed E-state index contributed by atoms with van der Waals surface area (Å²) in [6.07, 6.45) is 5.10. The summed E-state index contributed by atoms with van der Waals surface area (Å²) in [5.41, 5.74) is 3.94. The first-order valence-corrected chi connectivity index (χ1v) is 11.8. The highest BCUT2D eigenvalue weighted by molar-refractivity contribution is 6.29. The van der Waals surface area contributed by atoms with Crippen LogP contribution in [0.5, 0.6) is 5.75 Å². The highest BCUT2D eigenvalue weighted by Crippen LogP contribution is 2.47. The van der Waals surface area contributed by atoms with Crippen LogP contribution in [0.25, 0.3) is 0 Å². The van der Waals surface area contributed by atoms with E-state index in [2.05, 4.69) is 23.2 Å². The number of nitrogens with zero attached hydrogens (tertiary/aromatic N) is 2. The SMILES string of the molecule is CC(C)(C)OC(=O)CCCOc1ccc2c(c1)C(C1(c3cccc(Cl)n3)CCC1)=NCC2. The maximum Gasteiger partial charge on any atom is 0.306 e. The van der Waals surface area contributed by atoms with Gasteiger partial charge in [0.15, 0.2) is 0 Å². The molecular formula is C26H31ClN2O3. The number of hydrogen-bond donors (Lipinski definition) is 0. The lowest BCUT2D eigenvalue weighted by Gasteiger charge is -2.44. The Kier molecular flexibility index (Phi) is 6.57. The molecule has 6 heteroatoms. The number of hydrogen-bond acceptors (Lipinski definition) is 5. The second-order valence-corrected chi connectivity index (χ2v) is 10.0. The Morgan fingerprint density at radius 2 is 2.00 bits per heavy atom. The highest BCUT2D eigenvalue weighted by Gasteiger charge is 2.46. The number of pyridine rings is 1. The molecular weight excluding hydrogens is 424 g/mol. The molecule has 1 fully saturated rings. The Balaban J connectivity index is 1.48. The van der Waals surface area contributed by atoms with E-state index in [-0.39, 0.29) is 11.4 Å². The van der Waals surface area contributed by atoms with Gasteiger partial charge in [0.1, 0.15) is 16.5 Å². The maximum absolute atomic E-state index is 11.9. The van der Waals surface area contributed by atoms with Gasteiger partial charge in [-0.2, -0.15) is 0 Å². The van der Waals surface area contributed by atoms with E-state index in [0.29, 0.717) is 24.6 Å². The zero-order valence-electron chi connectivity index (χ0n) is 19.1. The fourth-order valence-electron chi connectivity index (χ4n) is 4.48. The van der Waals surface area contributed by atoms with Gasteiger partial charge in [-0.25, -0.2) is 4.98 Å². The van der Waals surface area contributed by atoms with Crippen LogP contribution in [-0.2, 0) is 21.4 Å². The molecule has 2 aliphatic rings. The van der Waals surface area contributed by atoms with Crippen molar-refractivity contribution in [2.75, 3.05) is 13.2 Å². The monoisotopic (exact) mass is 454 g/mol. The van der Waals surface area contributed by atoms with Crippen LogP contribution in [0, 0.1) is 0 Å². The van der Waals surface area contributed by atoms with E-state index in [1.165, 1.54) is 5.56 Å². The van der Waals surface area contributed by atoms with Gasteiger partial charge in [-0.05, 0) is 76.3 Å². The zero-order valence-corrected chi connectivity index (χ0v) is 19.9. The standard InChI is InChI=1S/C26H31ClN2O3/c1-25(2,3)32-23(30)9-5-16-31-19-11-10-18-12-15-28-24(20(18)17-19)26(13-6-14-26)21-7-4-8-22(27)29-21/h4,7-8,10-11,17H,5-6,9,12-16H2,1-3H3. The Hall–Kier alpha value is -2.40. The average Bonchev–Trinajstić information content (AvgIpc) is 2.69. The highest BCUT2D eigenvalue weighted by atomic mass is 35.5. The molecule has 1 aliphatic heterocycles. The third-order valence-corrected chi connectivity index (χ3v) is 6.28. The van der Waals surface area contributed by atoms with Gasteiger partial charge < -0.3 is 9.47 Å². The molecule has 1 aliphatic carbocycles. The third-order valence-electron chi connectivity index (χ3n) is 6.07. The Labute approximate surface area is 195 Å². The van der Waals surface area contributed by atoms with E-state index in [4.69, 9.17) is 26.1 Å². The molecule has 4 rings (SSSR count). The van der Waals surface area contributed by atoms with Crippen molar-refractivity contribution in [2.45, 2.75) is 70.3 Å². The molecule has 0 N–H and O–H groups in total. The largest absolute Gasteiger partial charge is 0.494 e. The summed E-state index contributed by atoms with van der Waals surface area (Å²) in [5.74, 6) is 0.609. The van der Waals surface area contributed by atoms with Crippen molar-refractivity contribution in [3.8, 4) is 5.75 Å². The number of carbonyl (C=O) groups excluding carboxylic acids is 1. The number of carbonyl (C=O) groups is 1. The summed E-state index contributed by atoms with van der Waals surface area (Å²) < 4.78 is 11.4. The molecule has 5 nitrogen and oxygen atoms in total. The van der Waals surface area contributed by atoms with Gasteiger partial charge in [0.2, 0.25) is 0 Å². The van der Waals surface area contributed by atoms with Crippen molar-refractivity contribution >= 4 is 23.3 Å². The van der Waals surface area contributed by atoms with Gasteiger partial charge in [0.05, 0.1) is 23.4 Å². The predicted molar refractivity (Wildman–Crippen MR) is 127 cm³/mol. The van der Waals surface area contributed by atoms with Crippen LogP contribution in [0.1, 0.15) is 69.7 Å². The molecule has 170 valence electrons. The fraction of sp³-hybridized carbons (Fsp3) is 0.500. The minimum absolute atomic E-state index is 0.171. The van der Waals surface area contributed by atoms with Crippen molar-refractivity contribution in [1.29, 1.82) is 0 Å². The second kappa shape index (κ2) is 9.22. The summed E-state index contributed by atoms with van der Waals surface area (Å²) >= 11 is 6.22. The summed E-state index contributed by atoms with van der Waals surface area (Å²) in [6, 6.07) is 12.1. The quantitative estimate of drug-likeness (QED) is 0.305. The minimum atomic E-state index is -0.457. The number of halogens is 1. The van der Waals surface area contributed by atoms with Gasteiger partial charge in [0, 0.05) is 18.5 Å². The number of benzene rings is 1. The minimum Gasteiger partial charge on any atom is -0.494 e. The van der Waals surface area contributed by atoms with Gasteiger partial charge in [-0.3, -0.25) is 9.79 Å². The fourth-order valence-corrected chi connectivity index (χ4v) is 4.65. The first kappa shape index (κ1) is 22.8. The molecule has 0 bridgehead atoms.